The zero-order valence-electron chi connectivity index (χ0n) is 8.12. The zero-order valence-corrected chi connectivity index (χ0v) is 12.2. The van der Waals surface area contributed by atoms with Crippen LogP contribution in [0.1, 0.15) is 8.56 Å². The fraction of sp³-hybridized carbons (Fsp3) is 0. The Bertz CT molecular complexity index is 22.5. The van der Waals surface area contributed by atoms with Crippen molar-refractivity contribution in [2.45, 2.75) is 0 Å². The predicted octanol–water partition coefficient (Wildman–Crippen LogP) is -3.10. The smallest absolute Gasteiger partial charge is 1.00 e. The van der Waals surface area contributed by atoms with Crippen LogP contribution >= 0.6 is 0 Å². The van der Waals surface area contributed by atoms with Crippen molar-refractivity contribution < 1.29 is 8.56 Å². The van der Waals surface area contributed by atoms with Gasteiger partial charge in [0.2, 0.25) is 0 Å². The van der Waals surface area contributed by atoms with Crippen molar-refractivity contribution in [3.63, 3.8) is 0 Å². The van der Waals surface area contributed by atoms with Gasteiger partial charge in [-0.25, -0.2) is 0 Å². The minimum atomic E-state index is 0. The summed E-state index contributed by atoms with van der Waals surface area (Å²) in [7, 11) is 0. The molecule has 0 aromatic heterocycles. The van der Waals surface area contributed by atoms with E-state index in [9.17, 15) is 0 Å². The van der Waals surface area contributed by atoms with Crippen LogP contribution in [0, 0.1) is 0 Å². The van der Waals surface area contributed by atoms with Crippen LogP contribution in [-0.2, 0) is 0 Å². The molecule has 0 saturated heterocycles. The molecule has 0 N–H and O–H groups in total. The van der Waals surface area contributed by atoms with Crippen molar-refractivity contribution in [2.24, 2.45) is 0 Å². The SMILES string of the molecule is [AlH3].[Ba+2].[Ca+2].[H-].[H-].[H-].[H-].[H-].[H-].[SiH4].[Sr+2]. The van der Waals surface area contributed by atoms with Crippen molar-refractivity contribution in [1.29, 1.82) is 0 Å². The summed E-state index contributed by atoms with van der Waals surface area (Å²) in [4.78, 5) is 0. The molecule has 0 radical (unpaired) electrons. The van der Waals surface area contributed by atoms with Crippen LogP contribution in [0.5, 0.6) is 0 Å². The van der Waals surface area contributed by atoms with E-state index in [1.54, 1.807) is 0 Å². The fourth-order valence-electron chi connectivity index (χ4n) is 0. The average molecular weight is 333 g/mol. The summed E-state index contributed by atoms with van der Waals surface area (Å²) in [5.41, 5.74) is 0. The Morgan fingerprint density at radius 2 is 1.20 bits per heavy atom. The third kappa shape index (κ3) is 17.6. The van der Waals surface area contributed by atoms with Crippen LogP contribution < -0.4 is 0 Å². The van der Waals surface area contributed by atoms with Gasteiger partial charge in [-0.15, -0.1) is 0 Å². The molecular weight excluding hydrogens is 320 g/mol. The Kier molecular flexibility index (Phi) is 148. The van der Waals surface area contributed by atoms with Crippen LogP contribution in [0.3, 0.4) is 0 Å². The Hall–Kier alpha value is 5.06. The predicted molar refractivity (Wildman–Crippen MR) is 45.2 cm³/mol. The minimum Gasteiger partial charge on any atom is -1.00 e. The first-order valence-electron chi connectivity index (χ1n) is 0. The van der Waals surface area contributed by atoms with Gasteiger partial charge in [0.25, 0.3) is 0 Å². The second-order valence-corrected chi connectivity index (χ2v) is 0. The third-order valence-corrected chi connectivity index (χ3v) is 0. The van der Waals surface area contributed by atoms with Crippen LogP contribution in [0.4, 0.5) is 0 Å². The molecule has 0 unspecified atom stereocenters. The van der Waals surface area contributed by atoms with Crippen LogP contribution in [-0.4, -0.2) is 160 Å². The normalized spacial score (nSPS) is 0. The van der Waals surface area contributed by atoms with Gasteiger partial charge in [-0.1, -0.05) is 0 Å². The molecule has 5 heavy (non-hydrogen) atoms. The molecule has 0 saturated carbocycles. The molecule has 0 heterocycles. The van der Waals surface area contributed by atoms with Gasteiger partial charge in [0.15, 0.2) is 17.4 Å². The van der Waals surface area contributed by atoms with Gasteiger partial charge in [0.1, 0.15) is 0 Å². The van der Waals surface area contributed by atoms with Crippen molar-refractivity contribution in [2.75, 3.05) is 0 Å². The van der Waals surface area contributed by atoms with Crippen molar-refractivity contribution in [3.05, 3.63) is 0 Å². The Morgan fingerprint density at radius 3 is 1.20 bits per heavy atom. The van der Waals surface area contributed by atoms with Gasteiger partial charge in [-0.3, -0.25) is 0 Å². The quantitative estimate of drug-likeness (QED) is 0.412. The maximum absolute atomic E-state index is 0. The van der Waals surface area contributed by atoms with Crippen molar-refractivity contribution >= 4 is 160 Å². The molecule has 0 atom stereocenters. The second-order valence-electron chi connectivity index (χ2n) is 0. The van der Waals surface area contributed by atoms with Crippen molar-refractivity contribution in [3.8, 4) is 0 Å². The fourth-order valence-corrected chi connectivity index (χ4v) is 0. The molecular formula is H13AlBaCaSiSr. The molecule has 0 aliphatic heterocycles. The summed E-state index contributed by atoms with van der Waals surface area (Å²) in [6.07, 6.45) is 0. The summed E-state index contributed by atoms with van der Waals surface area (Å²) in [5, 5.41) is 0. The van der Waals surface area contributed by atoms with Gasteiger partial charge in [-0.2, -0.15) is 0 Å². The standard InChI is InChI=1S/Al.Ba.Ca.H4Si.Sr.9H/h;;;1H4;;;;;;;;;;/q;2*+2;;+2;;;;6*-1. The Balaban J connectivity index is 0. The first-order valence-corrected chi connectivity index (χ1v) is 0. The largest absolute Gasteiger partial charge is 2.00 e. The maximum Gasteiger partial charge on any atom is 2.00 e. The van der Waals surface area contributed by atoms with Crippen LogP contribution in [0.2, 0.25) is 0 Å². The monoisotopic (exact) mass is 334 g/mol. The molecule has 0 spiro atoms. The molecule has 0 aromatic carbocycles. The van der Waals surface area contributed by atoms with E-state index in [2.05, 4.69) is 0 Å². The van der Waals surface area contributed by atoms with E-state index < -0.39 is 0 Å². The number of hydrogen-bond donors (Lipinski definition) is 0. The van der Waals surface area contributed by atoms with Gasteiger partial charge in [0.05, 0.1) is 0 Å². The van der Waals surface area contributed by atoms with Gasteiger partial charge < -0.3 is 8.56 Å². The molecule has 0 aliphatic rings. The summed E-state index contributed by atoms with van der Waals surface area (Å²) in [6, 6.07) is 0. The summed E-state index contributed by atoms with van der Waals surface area (Å²) in [5.74, 6) is 0. The van der Waals surface area contributed by atoms with Crippen LogP contribution in [0.15, 0.2) is 0 Å². The van der Waals surface area contributed by atoms with Gasteiger partial charge >= 0.3 is 132 Å². The molecule has 0 bridgehead atoms. The molecule has 0 rings (SSSR count). The average Bonchev–Trinajstić information content (AvgIpc) is 0. The van der Waals surface area contributed by atoms with E-state index in [0.717, 1.165) is 0 Å². The summed E-state index contributed by atoms with van der Waals surface area (Å²) >= 11 is 0. The molecule has 0 aromatic rings. The third-order valence-electron chi connectivity index (χ3n) is 0. The van der Waals surface area contributed by atoms with Gasteiger partial charge in [-0.05, 0) is 11.0 Å². The van der Waals surface area contributed by atoms with E-state index in [1.165, 1.54) is 0 Å². The van der Waals surface area contributed by atoms with E-state index >= 15 is 0 Å². The number of hydrogen-bond acceptors (Lipinski definition) is 0. The number of rotatable bonds is 0. The van der Waals surface area contributed by atoms with E-state index in [1.807, 2.05) is 0 Å². The topological polar surface area (TPSA) is 0 Å². The Morgan fingerprint density at radius 1 is 1.20 bits per heavy atom. The molecule has 0 amide bonds. The molecule has 0 nitrogen and oxygen atoms in total. The second kappa shape index (κ2) is 23.0. The molecule has 0 aliphatic carbocycles. The van der Waals surface area contributed by atoms with E-state index in [4.69, 9.17) is 0 Å². The van der Waals surface area contributed by atoms with Crippen LogP contribution in [0.25, 0.3) is 0 Å². The summed E-state index contributed by atoms with van der Waals surface area (Å²) < 4.78 is 0. The van der Waals surface area contributed by atoms with Gasteiger partial charge in [0, 0.05) is 0 Å². The maximum atomic E-state index is 0. The first kappa shape index (κ1) is 32.2. The molecule has 26 valence electrons. The van der Waals surface area contributed by atoms with Crippen molar-refractivity contribution in [1.82, 2.24) is 0 Å². The zero-order chi connectivity index (χ0) is 0. The first-order chi connectivity index (χ1) is 0. The molecule has 5 heteroatoms. The molecule has 0 fully saturated rings. The van der Waals surface area contributed by atoms with E-state index in [-0.39, 0.29) is 169 Å². The Labute approximate surface area is 164 Å². The van der Waals surface area contributed by atoms with E-state index in [0.29, 0.717) is 0 Å². The minimum absolute atomic E-state index is 0. The summed E-state index contributed by atoms with van der Waals surface area (Å²) in [6.45, 7) is 0.